The molecule has 1 N–H and O–H groups in total. The van der Waals surface area contributed by atoms with Crippen molar-refractivity contribution in [3.63, 3.8) is 0 Å². The first-order valence-corrected chi connectivity index (χ1v) is 3.87. The van der Waals surface area contributed by atoms with Gasteiger partial charge in [-0.1, -0.05) is 0 Å². The fraction of sp³-hybridized carbons (Fsp3) is 0.833. The Labute approximate surface area is 65.4 Å². The Balaban J connectivity index is 2.33. The van der Waals surface area contributed by atoms with Crippen LogP contribution in [0.15, 0.2) is 0 Å². The summed E-state index contributed by atoms with van der Waals surface area (Å²) in [6, 6.07) is 0. The molecule has 1 aliphatic heterocycles. The second-order valence-corrected chi connectivity index (χ2v) is 3.23. The van der Waals surface area contributed by atoms with Crippen LogP contribution in [0, 0.1) is 0 Å². The normalized spacial score (nSPS) is 21.1. The monoisotopic (exact) mass is 161 g/mol. The molecular weight excluding hydrogens is 150 g/mol. The number of nitrogens with zero attached hydrogens (tertiary/aromatic N) is 1. The van der Waals surface area contributed by atoms with Gasteiger partial charge in [-0.05, 0) is 12.8 Å². The Morgan fingerprint density at radius 2 is 2.00 bits per heavy atom. The van der Waals surface area contributed by atoms with E-state index in [0.29, 0.717) is 18.3 Å². The number of carbonyl (C=O) groups is 1. The maximum atomic E-state index is 10.4. The lowest BCUT2D eigenvalue weighted by Crippen LogP contribution is -2.37. The van der Waals surface area contributed by atoms with E-state index in [1.54, 1.807) is 0 Å². The van der Waals surface area contributed by atoms with Crippen LogP contribution in [0.2, 0.25) is 0 Å². The van der Waals surface area contributed by atoms with E-state index in [-0.39, 0.29) is 0 Å². The van der Waals surface area contributed by atoms with Gasteiger partial charge in [-0.15, -0.1) is 0 Å². The number of thiol groups is 1. The topological polar surface area (TPSA) is 40.5 Å². The lowest BCUT2D eigenvalue weighted by Gasteiger charge is -2.27. The van der Waals surface area contributed by atoms with E-state index in [9.17, 15) is 4.79 Å². The summed E-state index contributed by atoms with van der Waals surface area (Å²) in [5, 5.41) is 8.92. The number of piperidine rings is 1. The van der Waals surface area contributed by atoms with Gasteiger partial charge in [0.25, 0.3) is 0 Å². The van der Waals surface area contributed by atoms with Gasteiger partial charge in [0.05, 0.1) is 0 Å². The number of hydrogen-bond acceptors (Lipinski definition) is 2. The van der Waals surface area contributed by atoms with Crippen LogP contribution < -0.4 is 0 Å². The van der Waals surface area contributed by atoms with Crippen LogP contribution in [0.4, 0.5) is 4.79 Å². The van der Waals surface area contributed by atoms with Gasteiger partial charge < -0.3 is 10.0 Å². The molecule has 0 atom stereocenters. The maximum Gasteiger partial charge on any atom is 0.407 e. The summed E-state index contributed by atoms with van der Waals surface area (Å²) in [6.45, 7) is 1.28. The predicted octanol–water partition coefficient (Wildman–Crippen LogP) is 1.06. The average Bonchev–Trinajstić information content (AvgIpc) is 1.88. The van der Waals surface area contributed by atoms with E-state index >= 15 is 0 Å². The van der Waals surface area contributed by atoms with Crippen molar-refractivity contribution in [2.45, 2.75) is 18.1 Å². The van der Waals surface area contributed by atoms with Crippen molar-refractivity contribution in [3.05, 3.63) is 0 Å². The fourth-order valence-corrected chi connectivity index (χ4v) is 1.29. The van der Waals surface area contributed by atoms with Gasteiger partial charge in [-0.2, -0.15) is 12.6 Å². The molecule has 3 nitrogen and oxygen atoms in total. The number of amides is 1. The zero-order valence-electron chi connectivity index (χ0n) is 5.66. The number of hydrogen-bond donors (Lipinski definition) is 2. The molecule has 0 aromatic heterocycles. The molecule has 0 aromatic carbocycles. The molecule has 0 aromatic rings. The van der Waals surface area contributed by atoms with E-state index in [0.717, 1.165) is 12.8 Å². The summed E-state index contributed by atoms with van der Waals surface area (Å²) in [5.41, 5.74) is 0. The largest absolute Gasteiger partial charge is 0.465 e. The summed E-state index contributed by atoms with van der Waals surface area (Å²) >= 11 is 4.25. The van der Waals surface area contributed by atoms with Crippen molar-refractivity contribution in [1.29, 1.82) is 0 Å². The Kier molecular flexibility index (Phi) is 2.43. The van der Waals surface area contributed by atoms with E-state index in [4.69, 9.17) is 5.11 Å². The molecule has 1 saturated heterocycles. The van der Waals surface area contributed by atoms with Crippen LogP contribution in [0.5, 0.6) is 0 Å². The third-order valence-corrected chi connectivity index (χ3v) is 2.25. The van der Waals surface area contributed by atoms with Crippen molar-refractivity contribution in [2.24, 2.45) is 0 Å². The smallest absolute Gasteiger partial charge is 0.407 e. The highest BCUT2D eigenvalue weighted by molar-refractivity contribution is 7.80. The standard InChI is InChI=1S/C6H11NO2S/c8-6(9)7-3-1-5(10)2-4-7/h5,10H,1-4H2,(H,8,9). The molecule has 1 heterocycles. The van der Waals surface area contributed by atoms with Crippen LogP contribution >= 0.6 is 12.6 Å². The Morgan fingerprint density at radius 3 is 2.40 bits per heavy atom. The lowest BCUT2D eigenvalue weighted by atomic mass is 10.1. The van der Waals surface area contributed by atoms with Crippen LogP contribution in [-0.2, 0) is 0 Å². The molecule has 1 amide bonds. The summed E-state index contributed by atoms with van der Waals surface area (Å²) in [7, 11) is 0. The molecule has 0 radical (unpaired) electrons. The molecule has 1 rings (SSSR count). The molecule has 0 aliphatic carbocycles. The SMILES string of the molecule is O=C(O)N1CCC(S)CC1. The first kappa shape index (κ1) is 7.72. The minimum Gasteiger partial charge on any atom is -0.465 e. The van der Waals surface area contributed by atoms with Gasteiger partial charge in [-0.3, -0.25) is 0 Å². The second-order valence-electron chi connectivity index (χ2n) is 2.50. The molecule has 0 bridgehead atoms. The van der Waals surface area contributed by atoms with Crippen molar-refractivity contribution in [2.75, 3.05) is 13.1 Å². The van der Waals surface area contributed by atoms with Crippen molar-refractivity contribution < 1.29 is 9.90 Å². The highest BCUT2D eigenvalue weighted by atomic mass is 32.1. The van der Waals surface area contributed by atoms with Gasteiger partial charge >= 0.3 is 6.09 Å². The molecule has 0 saturated carbocycles. The molecule has 0 spiro atoms. The fourth-order valence-electron chi connectivity index (χ4n) is 1.06. The van der Waals surface area contributed by atoms with E-state index in [1.807, 2.05) is 0 Å². The summed E-state index contributed by atoms with van der Waals surface area (Å²) < 4.78 is 0. The zero-order valence-corrected chi connectivity index (χ0v) is 6.55. The molecule has 1 aliphatic rings. The first-order chi connectivity index (χ1) is 4.70. The molecule has 1 fully saturated rings. The van der Waals surface area contributed by atoms with Crippen molar-refractivity contribution in [1.82, 2.24) is 4.90 Å². The van der Waals surface area contributed by atoms with Crippen LogP contribution in [-0.4, -0.2) is 34.4 Å². The number of carboxylic acid groups (broad SMARTS) is 1. The molecular formula is C6H11NO2S. The zero-order chi connectivity index (χ0) is 7.56. The minimum atomic E-state index is -0.805. The Bertz CT molecular complexity index is 132. The van der Waals surface area contributed by atoms with Crippen molar-refractivity contribution in [3.8, 4) is 0 Å². The van der Waals surface area contributed by atoms with Crippen LogP contribution in [0.25, 0.3) is 0 Å². The number of likely N-dealkylation sites (tertiary alicyclic amines) is 1. The number of rotatable bonds is 0. The summed E-state index contributed by atoms with van der Waals surface area (Å²) in [4.78, 5) is 11.8. The van der Waals surface area contributed by atoms with Crippen LogP contribution in [0.3, 0.4) is 0 Å². The summed E-state index contributed by atoms with van der Waals surface area (Å²) in [6.07, 6.45) is 0.963. The molecule has 58 valence electrons. The first-order valence-electron chi connectivity index (χ1n) is 3.36. The molecule has 4 heteroatoms. The van der Waals surface area contributed by atoms with Gasteiger partial charge in [-0.25, -0.2) is 4.79 Å². The minimum absolute atomic E-state index is 0.399. The maximum absolute atomic E-state index is 10.4. The molecule has 0 unspecified atom stereocenters. The Hall–Kier alpha value is -0.380. The highest BCUT2D eigenvalue weighted by Crippen LogP contribution is 2.14. The third-order valence-electron chi connectivity index (χ3n) is 1.74. The van der Waals surface area contributed by atoms with Gasteiger partial charge in [0, 0.05) is 18.3 Å². The van der Waals surface area contributed by atoms with E-state index in [1.165, 1.54) is 4.90 Å². The van der Waals surface area contributed by atoms with Gasteiger partial charge in [0.1, 0.15) is 0 Å². The van der Waals surface area contributed by atoms with E-state index in [2.05, 4.69) is 12.6 Å². The molecule has 10 heavy (non-hydrogen) atoms. The second kappa shape index (κ2) is 3.14. The van der Waals surface area contributed by atoms with Gasteiger partial charge in [0.2, 0.25) is 0 Å². The van der Waals surface area contributed by atoms with Gasteiger partial charge in [0.15, 0.2) is 0 Å². The quantitative estimate of drug-likeness (QED) is 0.521. The summed E-state index contributed by atoms with van der Waals surface area (Å²) in [5.74, 6) is 0. The third kappa shape index (κ3) is 1.80. The lowest BCUT2D eigenvalue weighted by molar-refractivity contribution is 0.137. The predicted molar refractivity (Wildman–Crippen MR) is 41.6 cm³/mol. The van der Waals surface area contributed by atoms with Crippen LogP contribution in [0.1, 0.15) is 12.8 Å². The van der Waals surface area contributed by atoms with Crippen molar-refractivity contribution >= 4 is 18.7 Å². The highest BCUT2D eigenvalue weighted by Gasteiger charge is 2.19. The van der Waals surface area contributed by atoms with E-state index < -0.39 is 6.09 Å². The Morgan fingerprint density at radius 1 is 1.50 bits per heavy atom. The average molecular weight is 161 g/mol.